The summed E-state index contributed by atoms with van der Waals surface area (Å²) in [5.74, 6) is -1.34. The van der Waals surface area contributed by atoms with Crippen LogP contribution in [0.25, 0.3) is 0 Å². The van der Waals surface area contributed by atoms with E-state index in [2.05, 4.69) is 4.98 Å². The zero-order chi connectivity index (χ0) is 19.3. The molecule has 0 N–H and O–H groups in total. The van der Waals surface area contributed by atoms with Crippen LogP contribution in [0.4, 0.5) is 0 Å². The summed E-state index contributed by atoms with van der Waals surface area (Å²) >= 11 is 1.20. The minimum absolute atomic E-state index is 0.137. The molecule has 0 amide bonds. The third-order valence-corrected chi connectivity index (χ3v) is 5.68. The molecule has 2 heterocycles. The number of esters is 2. The molecule has 2 fully saturated rings. The van der Waals surface area contributed by atoms with Gasteiger partial charge in [-0.3, -0.25) is 4.79 Å². The highest BCUT2D eigenvalue weighted by Crippen LogP contribution is 2.46. The molecule has 1 aliphatic heterocycles. The van der Waals surface area contributed by atoms with Gasteiger partial charge in [0.2, 0.25) is 0 Å². The van der Waals surface area contributed by atoms with Crippen molar-refractivity contribution in [1.29, 1.82) is 0 Å². The van der Waals surface area contributed by atoms with Gasteiger partial charge >= 0.3 is 11.9 Å². The van der Waals surface area contributed by atoms with Crippen molar-refractivity contribution in [1.82, 2.24) is 4.98 Å². The van der Waals surface area contributed by atoms with E-state index in [1.54, 1.807) is 19.2 Å². The molecule has 1 saturated heterocycles. The van der Waals surface area contributed by atoms with Crippen LogP contribution in [0.5, 0.6) is 5.19 Å². The van der Waals surface area contributed by atoms with Crippen molar-refractivity contribution in [3.05, 3.63) is 11.1 Å². The van der Waals surface area contributed by atoms with E-state index in [0.29, 0.717) is 50.7 Å². The van der Waals surface area contributed by atoms with Crippen LogP contribution in [0.1, 0.15) is 50.0 Å². The molecule has 27 heavy (non-hydrogen) atoms. The van der Waals surface area contributed by atoms with Crippen molar-refractivity contribution in [3.8, 4) is 5.19 Å². The molecule has 0 bridgehead atoms. The number of rotatable bonds is 7. The maximum absolute atomic E-state index is 12.7. The zero-order valence-corrected chi connectivity index (χ0v) is 16.5. The predicted molar refractivity (Wildman–Crippen MR) is 95.7 cm³/mol. The first-order valence-corrected chi connectivity index (χ1v) is 10.1. The summed E-state index contributed by atoms with van der Waals surface area (Å²) in [7, 11) is 0. The van der Waals surface area contributed by atoms with Gasteiger partial charge in [-0.1, -0.05) is 11.3 Å². The normalized spacial score (nSPS) is 20.4. The summed E-state index contributed by atoms with van der Waals surface area (Å²) in [5.41, 5.74) is -0.566. The topological polar surface area (TPSA) is 93.2 Å². The lowest BCUT2D eigenvalue weighted by molar-refractivity contribution is -0.201. The molecule has 2 aliphatic rings. The molecule has 1 aromatic heterocycles. The first-order chi connectivity index (χ1) is 13.0. The van der Waals surface area contributed by atoms with Crippen LogP contribution in [-0.2, 0) is 23.7 Å². The summed E-state index contributed by atoms with van der Waals surface area (Å²) < 4.78 is 27.5. The minimum Gasteiger partial charge on any atom is -0.469 e. The molecule has 1 spiro atoms. The van der Waals surface area contributed by atoms with Crippen molar-refractivity contribution in [2.45, 2.75) is 45.3 Å². The average Bonchev–Trinajstić information content (AvgIpc) is 3.32. The molecule has 1 aromatic rings. The van der Waals surface area contributed by atoms with Gasteiger partial charge in [-0.05, 0) is 26.7 Å². The highest BCUT2D eigenvalue weighted by Gasteiger charge is 2.51. The highest BCUT2D eigenvalue weighted by atomic mass is 32.1. The Balaban J connectivity index is 1.66. The lowest BCUT2D eigenvalue weighted by Gasteiger charge is -2.41. The molecule has 3 rings (SSSR count). The van der Waals surface area contributed by atoms with Crippen molar-refractivity contribution < 1.29 is 33.3 Å². The molecule has 0 aromatic carbocycles. The Kier molecular flexibility index (Phi) is 6.33. The first kappa shape index (κ1) is 20.0. The minimum atomic E-state index is -0.771. The fourth-order valence-electron chi connectivity index (χ4n) is 3.41. The van der Waals surface area contributed by atoms with E-state index in [1.165, 1.54) is 11.3 Å². The van der Waals surface area contributed by atoms with E-state index in [0.717, 1.165) is 0 Å². The summed E-state index contributed by atoms with van der Waals surface area (Å²) in [5, 5.41) is 1.91. The first-order valence-electron chi connectivity index (χ1n) is 9.23. The second-order valence-electron chi connectivity index (χ2n) is 6.62. The Morgan fingerprint density at radius 1 is 1.11 bits per heavy atom. The van der Waals surface area contributed by atoms with Gasteiger partial charge in [-0.25, -0.2) is 4.79 Å². The monoisotopic (exact) mass is 399 g/mol. The molecular weight excluding hydrogens is 374 g/mol. The smallest absolute Gasteiger partial charge is 0.357 e. The van der Waals surface area contributed by atoms with E-state index in [9.17, 15) is 9.59 Å². The SMILES string of the molecule is CCOC(=O)c1csc(OCC2(C(=O)OCC)CCC3(CC2)OCCO3)n1. The number of hydrogen-bond acceptors (Lipinski definition) is 9. The molecule has 0 unspecified atom stereocenters. The van der Waals surface area contributed by atoms with Crippen molar-refractivity contribution >= 4 is 23.3 Å². The van der Waals surface area contributed by atoms with E-state index in [-0.39, 0.29) is 24.9 Å². The van der Waals surface area contributed by atoms with Crippen LogP contribution in [0.2, 0.25) is 0 Å². The van der Waals surface area contributed by atoms with Gasteiger partial charge in [0, 0.05) is 18.2 Å². The Hall–Kier alpha value is -1.71. The predicted octanol–water partition coefficient (Wildman–Crippen LogP) is 2.57. The fraction of sp³-hybridized carbons (Fsp3) is 0.722. The second-order valence-corrected chi connectivity index (χ2v) is 7.44. The quantitative estimate of drug-likeness (QED) is 0.646. The molecule has 150 valence electrons. The zero-order valence-electron chi connectivity index (χ0n) is 15.7. The molecule has 1 aliphatic carbocycles. The number of aromatic nitrogens is 1. The average molecular weight is 399 g/mol. The van der Waals surface area contributed by atoms with Crippen LogP contribution >= 0.6 is 11.3 Å². The number of nitrogens with zero attached hydrogens (tertiary/aromatic N) is 1. The summed E-state index contributed by atoms with van der Waals surface area (Å²) in [4.78, 5) is 28.5. The maximum atomic E-state index is 12.7. The van der Waals surface area contributed by atoms with Crippen LogP contribution in [0.3, 0.4) is 0 Å². The highest BCUT2D eigenvalue weighted by molar-refractivity contribution is 7.11. The van der Waals surface area contributed by atoms with Crippen LogP contribution < -0.4 is 4.74 Å². The molecule has 0 atom stereocenters. The number of carbonyl (C=O) groups is 2. The lowest BCUT2D eigenvalue weighted by atomic mass is 9.72. The maximum Gasteiger partial charge on any atom is 0.357 e. The van der Waals surface area contributed by atoms with Gasteiger partial charge < -0.3 is 23.7 Å². The number of ether oxygens (including phenoxy) is 5. The Bertz CT molecular complexity index is 658. The van der Waals surface area contributed by atoms with Crippen LogP contribution in [0, 0.1) is 5.41 Å². The van der Waals surface area contributed by atoms with Crippen molar-refractivity contribution in [2.75, 3.05) is 33.0 Å². The van der Waals surface area contributed by atoms with Gasteiger partial charge in [0.1, 0.15) is 12.0 Å². The lowest BCUT2D eigenvalue weighted by Crippen LogP contribution is -2.47. The van der Waals surface area contributed by atoms with Crippen molar-refractivity contribution in [2.24, 2.45) is 5.41 Å². The number of hydrogen-bond donors (Lipinski definition) is 0. The third-order valence-electron chi connectivity index (χ3n) is 4.93. The summed E-state index contributed by atoms with van der Waals surface area (Å²) in [6.45, 7) is 5.41. The number of carbonyl (C=O) groups excluding carboxylic acids is 2. The Labute approximate surface area is 162 Å². The molecule has 8 nitrogen and oxygen atoms in total. The van der Waals surface area contributed by atoms with Gasteiger partial charge in [0.05, 0.1) is 26.4 Å². The molecule has 0 radical (unpaired) electrons. The molecular formula is C18H25NO7S. The molecule has 9 heteroatoms. The van der Waals surface area contributed by atoms with Gasteiger partial charge in [-0.2, -0.15) is 4.98 Å². The number of thiazole rings is 1. The van der Waals surface area contributed by atoms with Crippen molar-refractivity contribution in [3.63, 3.8) is 0 Å². The van der Waals surface area contributed by atoms with Gasteiger partial charge in [-0.15, -0.1) is 0 Å². The van der Waals surface area contributed by atoms with E-state index in [1.807, 2.05) is 0 Å². The van der Waals surface area contributed by atoms with E-state index >= 15 is 0 Å². The second kappa shape index (κ2) is 8.53. The largest absolute Gasteiger partial charge is 0.469 e. The van der Waals surface area contributed by atoms with Gasteiger partial charge in [0.15, 0.2) is 11.5 Å². The van der Waals surface area contributed by atoms with Crippen LogP contribution in [0.15, 0.2) is 5.38 Å². The Morgan fingerprint density at radius 3 is 2.41 bits per heavy atom. The third kappa shape index (κ3) is 4.41. The van der Waals surface area contributed by atoms with E-state index < -0.39 is 17.2 Å². The fourth-order valence-corrected chi connectivity index (χ4v) is 4.05. The van der Waals surface area contributed by atoms with Gasteiger partial charge in [0.25, 0.3) is 5.19 Å². The molecule has 1 saturated carbocycles. The standard InChI is InChI=1S/C18H25NO7S/c1-3-22-14(20)13-11-27-16(19-13)24-12-17(15(21)23-4-2)5-7-18(8-6-17)25-9-10-26-18/h11H,3-10,12H2,1-2H3. The summed E-state index contributed by atoms with van der Waals surface area (Å²) in [6.07, 6.45) is 2.31. The Morgan fingerprint density at radius 2 is 1.78 bits per heavy atom. The van der Waals surface area contributed by atoms with Crippen LogP contribution in [-0.4, -0.2) is 55.7 Å². The summed E-state index contributed by atoms with van der Waals surface area (Å²) in [6, 6.07) is 0. The van der Waals surface area contributed by atoms with E-state index in [4.69, 9.17) is 23.7 Å².